The SMILES string of the molecule is COc1ccc(C(F)(F)F)cc1C(CO)OC1CCOCC1. The lowest BCUT2D eigenvalue weighted by molar-refractivity contribution is -0.137. The Morgan fingerprint density at radius 1 is 1.32 bits per heavy atom. The molecule has 0 saturated carbocycles. The largest absolute Gasteiger partial charge is 0.496 e. The molecule has 124 valence electrons. The van der Waals surface area contributed by atoms with Crippen LogP contribution < -0.4 is 4.74 Å². The normalized spacial score (nSPS) is 18.2. The van der Waals surface area contributed by atoms with Gasteiger partial charge in [0, 0.05) is 18.8 Å². The number of ether oxygens (including phenoxy) is 3. The van der Waals surface area contributed by atoms with Crippen LogP contribution in [0, 0.1) is 0 Å². The topological polar surface area (TPSA) is 47.9 Å². The zero-order chi connectivity index (χ0) is 16.2. The summed E-state index contributed by atoms with van der Waals surface area (Å²) in [4.78, 5) is 0. The highest BCUT2D eigenvalue weighted by molar-refractivity contribution is 5.40. The summed E-state index contributed by atoms with van der Waals surface area (Å²) in [7, 11) is 1.37. The Morgan fingerprint density at radius 3 is 2.55 bits per heavy atom. The average molecular weight is 320 g/mol. The fourth-order valence-corrected chi connectivity index (χ4v) is 2.42. The second-order valence-electron chi connectivity index (χ2n) is 5.07. The number of benzene rings is 1. The lowest BCUT2D eigenvalue weighted by Crippen LogP contribution is -2.26. The molecule has 1 fully saturated rings. The van der Waals surface area contributed by atoms with E-state index in [0.717, 1.165) is 12.1 Å². The van der Waals surface area contributed by atoms with Gasteiger partial charge in [-0.15, -0.1) is 0 Å². The standard InChI is InChI=1S/C15H19F3O4/c1-20-13-3-2-10(15(16,17)18)8-12(13)14(9-19)22-11-4-6-21-7-5-11/h2-3,8,11,14,19H,4-7,9H2,1H3. The Bertz CT molecular complexity index is 484. The molecular formula is C15H19F3O4. The zero-order valence-corrected chi connectivity index (χ0v) is 12.2. The van der Waals surface area contributed by atoms with Crippen molar-refractivity contribution in [3.63, 3.8) is 0 Å². The third-order valence-electron chi connectivity index (χ3n) is 3.59. The van der Waals surface area contributed by atoms with E-state index in [9.17, 15) is 18.3 Å². The predicted octanol–water partition coefficient (Wildman–Crippen LogP) is 2.94. The first-order valence-electron chi connectivity index (χ1n) is 7.05. The molecule has 0 aliphatic carbocycles. The van der Waals surface area contributed by atoms with Gasteiger partial charge < -0.3 is 19.3 Å². The van der Waals surface area contributed by atoms with E-state index in [4.69, 9.17) is 14.2 Å². The molecule has 1 aromatic carbocycles. The van der Waals surface area contributed by atoms with Crippen LogP contribution in [0.1, 0.15) is 30.1 Å². The molecule has 22 heavy (non-hydrogen) atoms. The van der Waals surface area contributed by atoms with Gasteiger partial charge in [0.1, 0.15) is 11.9 Å². The molecule has 0 radical (unpaired) electrons. The van der Waals surface area contributed by atoms with Gasteiger partial charge in [-0.25, -0.2) is 0 Å². The van der Waals surface area contributed by atoms with Crippen molar-refractivity contribution in [1.29, 1.82) is 0 Å². The molecule has 0 amide bonds. The minimum Gasteiger partial charge on any atom is -0.496 e. The van der Waals surface area contributed by atoms with Gasteiger partial charge in [0.05, 0.1) is 25.4 Å². The Labute approximate surface area is 126 Å². The Morgan fingerprint density at radius 2 is 2.00 bits per heavy atom. The van der Waals surface area contributed by atoms with Crippen LogP contribution in [0.5, 0.6) is 5.75 Å². The van der Waals surface area contributed by atoms with Gasteiger partial charge in [0.25, 0.3) is 0 Å². The Hall–Kier alpha value is -1.31. The second-order valence-corrected chi connectivity index (χ2v) is 5.07. The molecule has 0 aromatic heterocycles. The Balaban J connectivity index is 2.25. The fourth-order valence-electron chi connectivity index (χ4n) is 2.42. The molecular weight excluding hydrogens is 301 g/mol. The second kappa shape index (κ2) is 7.30. The monoisotopic (exact) mass is 320 g/mol. The van der Waals surface area contributed by atoms with Crippen molar-refractivity contribution in [1.82, 2.24) is 0 Å². The zero-order valence-electron chi connectivity index (χ0n) is 12.2. The molecule has 1 aliphatic heterocycles. The summed E-state index contributed by atoms with van der Waals surface area (Å²) in [6, 6.07) is 3.17. The summed E-state index contributed by atoms with van der Waals surface area (Å²) in [6.07, 6.45) is -4.17. The smallest absolute Gasteiger partial charge is 0.416 e. The number of hydrogen-bond donors (Lipinski definition) is 1. The number of rotatable bonds is 5. The van der Waals surface area contributed by atoms with Crippen LogP contribution in [0.3, 0.4) is 0 Å². The van der Waals surface area contributed by atoms with Crippen molar-refractivity contribution in [2.75, 3.05) is 26.9 Å². The van der Waals surface area contributed by atoms with Gasteiger partial charge in [-0.1, -0.05) is 0 Å². The molecule has 1 saturated heterocycles. The summed E-state index contributed by atoms with van der Waals surface area (Å²) in [5, 5.41) is 9.53. The van der Waals surface area contributed by atoms with Crippen LogP contribution in [0.2, 0.25) is 0 Å². The van der Waals surface area contributed by atoms with Crippen molar-refractivity contribution >= 4 is 0 Å². The summed E-state index contributed by atoms with van der Waals surface area (Å²) in [5.74, 6) is 0.263. The third kappa shape index (κ3) is 4.12. The van der Waals surface area contributed by atoms with Gasteiger partial charge in [0.15, 0.2) is 0 Å². The van der Waals surface area contributed by atoms with Crippen LogP contribution in [0.25, 0.3) is 0 Å². The van der Waals surface area contributed by atoms with Gasteiger partial charge in [-0.2, -0.15) is 13.2 Å². The quantitative estimate of drug-likeness (QED) is 0.906. The van der Waals surface area contributed by atoms with Gasteiger partial charge >= 0.3 is 6.18 Å². The highest BCUT2D eigenvalue weighted by Crippen LogP contribution is 2.36. The maximum atomic E-state index is 12.9. The van der Waals surface area contributed by atoms with E-state index in [0.29, 0.717) is 26.1 Å². The van der Waals surface area contributed by atoms with E-state index in [1.807, 2.05) is 0 Å². The van der Waals surface area contributed by atoms with Crippen molar-refractivity contribution in [3.8, 4) is 5.75 Å². The maximum Gasteiger partial charge on any atom is 0.416 e. The van der Waals surface area contributed by atoms with Crippen molar-refractivity contribution in [2.45, 2.75) is 31.2 Å². The van der Waals surface area contributed by atoms with E-state index in [2.05, 4.69) is 0 Å². The predicted molar refractivity (Wildman–Crippen MR) is 72.7 cm³/mol. The van der Waals surface area contributed by atoms with E-state index in [1.54, 1.807) is 0 Å². The van der Waals surface area contributed by atoms with E-state index < -0.39 is 24.5 Å². The van der Waals surface area contributed by atoms with Crippen molar-refractivity contribution in [3.05, 3.63) is 29.3 Å². The van der Waals surface area contributed by atoms with Crippen molar-refractivity contribution < 1.29 is 32.5 Å². The summed E-state index contributed by atoms with van der Waals surface area (Å²) in [6.45, 7) is 0.667. The molecule has 1 aromatic rings. The highest BCUT2D eigenvalue weighted by atomic mass is 19.4. The minimum absolute atomic E-state index is 0.148. The van der Waals surface area contributed by atoms with Gasteiger partial charge in [0.2, 0.25) is 0 Å². The maximum absolute atomic E-state index is 12.9. The molecule has 4 nitrogen and oxygen atoms in total. The molecule has 1 heterocycles. The average Bonchev–Trinajstić information content (AvgIpc) is 2.52. The molecule has 1 unspecified atom stereocenters. The third-order valence-corrected chi connectivity index (χ3v) is 3.59. The summed E-state index contributed by atoms with van der Waals surface area (Å²) < 4.78 is 54.7. The number of methoxy groups -OCH3 is 1. The number of aliphatic hydroxyl groups excluding tert-OH is 1. The first-order chi connectivity index (χ1) is 10.5. The first-order valence-corrected chi connectivity index (χ1v) is 7.05. The van der Waals surface area contributed by atoms with Gasteiger partial charge in [-0.3, -0.25) is 0 Å². The van der Waals surface area contributed by atoms with Crippen molar-refractivity contribution in [2.24, 2.45) is 0 Å². The molecule has 1 N–H and O–H groups in total. The highest BCUT2D eigenvalue weighted by Gasteiger charge is 2.32. The van der Waals surface area contributed by atoms with Crippen LogP contribution in [-0.4, -0.2) is 38.1 Å². The number of alkyl halides is 3. The van der Waals surface area contributed by atoms with Gasteiger partial charge in [-0.05, 0) is 31.0 Å². The van der Waals surface area contributed by atoms with Crippen LogP contribution >= 0.6 is 0 Å². The number of hydrogen-bond acceptors (Lipinski definition) is 4. The van der Waals surface area contributed by atoms with E-state index >= 15 is 0 Å². The molecule has 0 spiro atoms. The number of aliphatic hydroxyl groups is 1. The first kappa shape index (κ1) is 17.1. The Kier molecular flexibility index (Phi) is 5.66. The fraction of sp³-hybridized carbons (Fsp3) is 0.600. The number of halogens is 3. The lowest BCUT2D eigenvalue weighted by Gasteiger charge is -2.28. The van der Waals surface area contributed by atoms with Crippen LogP contribution in [0.4, 0.5) is 13.2 Å². The molecule has 7 heteroatoms. The van der Waals surface area contributed by atoms with E-state index in [1.165, 1.54) is 13.2 Å². The molecule has 1 aliphatic rings. The summed E-state index contributed by atoms with van der Waals surface area (Å²) >= 11 is 0. The molecule has 1 atom stereocenters. The van der Waals surface area contributed by atoms with Crippen LogP contribution in [0.15, 0.2) is 18.2 Å². The molecule has 2 rings (SSSR count). The lowest BCUT2D eigenvalue weighted by atomic mass is 10.0. The minimum atomic E-state index is -4.46. The molecule has 0 bridgehead atoms. The van der Waals surface area contributed by atoms with Crippen LogP contribution in [-0.2, 0) is 15.7 Å². The van der Waals surface area contributed by atoms with E-state index in [-0.39, 0.29) is 17.4 Å². The summed E-state index contributed by atoms with van der Waals surface area (Å²) in [5.41, 5.74) is -0.594.